The van der Waals surface area contributed by atoms with E-state index in [9.17, 15) is 8.42 Å². The van der Waals surface area contributed by atoms with Crippen LogP contribution in [0.25, 0.3) is 0 Å². The van der Waals surface area contributed by atoms with Crippen molar-refractivity contribution in [3.05, 3.63) is 60.1 Å². The van der Waals surface area contributed by atoms with Gasteiger partial charge in [-0.25, -0.2) is 8.42 Å². The Labute approximate surface area is 113 Å². The molecule has 19 heavy (non-hydrogen) atoms. The van der Waals surface area contributed by atoms with Gasteiger partial charge in [-0.2, -0.15) is 4.31 Å². The zero-order chi connectivity index (χ0) is 13.7. The van der Waals surface area contributed by atoms with Crippen LogP contribution >= 0.6 is 0 Å². The van der Waals surface area contributed by atoms with Crippen molar-refractivity contribution in [1.29, 1.82) is 0 Å². The van der Waals surface area contributed by atoms with Crippen LogP contribution in [0.1, 0.15) is 18.2 Å². The fourth-order valence-corrected chi connectivity index (χ4v) is 2.83. The van der Waals surface area contributed by atoms with Gasteiger partial charge in [0.2, 0.25) is 10.0 Å². The lowest BCUT2D eigenvalue weighted by molar-refractivity contribution is 0.359. The van der Waals surface area contributed by atoms with E-state index in [0.29, 0.717) is 12.3 Å². The molecular weight excluding hydrogens is 262 g/mol. The van der Waals surface area contributed by atoms with E-state index in [1.807, 2.05) is 30.3 Å². The second-order valence-corrected chi connectivity index (χ2v) is 6.49. The highest BCUT2D eigenvalue weighted by molar-refractivity contribution is 7.89. The number of hydrogen-bond donors (Lipinski definition) is 0. The Hall–Kier alpha value is -1.59. The summed E-state index contributed by atoms with van der Waals surface area (Å²) in [6.45, 7) is 2.27. The second kappa shape index (κ2) is 6.04. The minimum absolute atomic E-state index is 0.0839. The Morgan fingerprint density at radius 1 is 1.05 bits per heavy atom. The van der Waals surface area contributed by atoms with Gasteiger partial charge in [-0.15, -0.1) is 0 Å². The molecule has 2 aromatic rings. The van der Waals surface area contributed by atoms with Gasteiger partial charge >= 0.3 is 0 Å². The summed E-state index contributed by atoms with van der Waals surface area (Å²) in [6, 6.07) is 13.1. The van der Waals surface area contributed by atoms with Gasteiger partial charge in [0.15, 0.2) is 0 Å². The molecule has 0 spiro atoms. The maximum Gasteiger partial charge on any atom is 0.214 e. The standard InChI is InChI=1S/C14H17NO3S/c1-2-19(16,17)15(12-14-9-6-10-18-14)11-13-7-4-3-5-8-13/h3-10H,2,11-12H2,1H3. The Morgan fingerprint density at radius 2 is 1.79 bits per heavy atom. The van der Waals surface area contributed by atoms with Crippen LogP contribution in [-0.4, -0.2) is 18.5 Å². The fraction of sp³-hybridized carbons (Fsp3) is 0.286. The van der Waals surface area contributed by atoms with Crippen LogP contribution in [0.2, 0.25) is 0 Å². The van der Waals surface area contributed by atoms with E-state index in [0.717, 1.165) is 5.56 Å². The zero-order valence-electron chi connectivity index (χ0n) is 10.8. The van der Waals surface area contributed by atoms with Gasteiger partial charge < -0.3 is 4.42 Å². The molecule has 0 aliphatic heterocycles. The Balaban J connectivity index is 2.20. The minimum Gasteiger partial charge on any atom is -0.468 e. The molecule has 0 saturated heterocycles. The van der Waals surface area contributed by atoms with Crippen LogP contribution in [0.15, 0.2) is 53.1 Å². The van der Waals surface area contributed by atoms with Crippen molar-refractivity contribution < 1.29 is 12.8 Å². The lowest BCUT2D eigenvalue weighted by Gasteiger charge is -2.20. The molecule has 0 atom stereocenters. The number of hydrogen-bond acceptors (Lipinski definition) is 3. The van der Waals surface area contributed by atoms with Crippen molar-refractivity contribution in [1.82, 2.24) is 4.31 Å². The second-order valence-electron chi connectivity index (χ2n) is 4.23. The fourth-order valence-electron chi connectivity index (χ4n) is 1.80. The largest absolute Gasteiger partial charge is 0.468 e. The van der Waals surface area contributed by atoms with E-state index < -0.39 is 10.0 Å². The highest BCUT2D eigenvalue weighted by Crippen LogP contribution is 2.14. The topological polar surface area (TPSA) is 50.5 Å². The molecule has 0 aliphatic rings. The molecule has 0 amide bonds. The number of sulfonamides is 1. The van der Waals surface area contributed by atoms with Gasteiger partial charge in [0.05, 0.1) is 18.6 Å². The average molecular weight is 279 g/mol. The molecular formula is C14H17NO3S. The van der Waals surface area contributed by atoms with E-state index in [-0.39, 0.29) is 12.3 Å². The van der Waals surface area contributed by atoms with E-state index in [4.69, 9.17) is 4.42 Å². The van der Waals surface area contributed by atoms with Gasteiger partial charge in [-0.3, -0.25) is 0 Å². The van der Waals surface area contributed by atoms with Crippen molar-refractivity contribution >= 4 is 10.0 Å². The van der Waals surface area contributed by atoms with Crippen LogP contribution < -0.4 is 0 Å². The van der Waals surface area contributed by atoms with Crippen LogP contribution in [0.5, 0.6) is 0 Å². The van der Waals surface area contributed by atoms with E-state index >= 15 is 0 Å². The van der Waals surface area contributed by atoms with E-state index in [1.165, 1.54) is 4.31 Å². The van der Waals surface area contributed by atoms with Crippen LogP contribution in [0, 0.1) is 0 Å². The molecule has 0 saturated carbocycles. The summed E-state index contributed by atoms with van der Waals surface area (Å²) >= 11 is 0. The molecule has 0 N–H and O–H groups in total. The van der Waals surface area contributed by atoms with Crippen molar-refractivity contribution in [3.8, 4) is 0 Å². The summed E-state index contributed by atoms with van der Waals surface area (Å²) in [5.41, 5.74) is 0.964. The third-order valence-corrected chi connectivity index (χ3v) is 4.65. The molecule has 0 fully saturated rings. The number of nitrogens with zero attached hydrogens (tertiary/aromatic N) is 1. The quantitative estimate of drug-likeness (QED) is 0.816. The molecule has 1 aromatic heterocycles. The van der Waals surface area contributed by atoms with Crippen LogP contribution in [-0.2, 0) is 23.1 Å². The summed E-state index contributed by atoms with van der Waals surface area (Å²) < 4.78 is 30.9. The lowest BCUT2D eigenvalue weighted by atomic mass is 10.2. The summed E-state index contributed by atoms with van der Waals surface area (Å²) in [5, 5.41) is 0. The van der Waals surface area contributed by atoms with Crippen molar-refractivity contribution in [2.75, 3.05) is 5.75 Å². The van der Waals surface area contributed by atoms with Gasteiger partial charge in [-0.1, -0.05) is 30.3 Å². The van der Waals surface area contributed by atoms with Crippen molar-refractivity contribution in [2.24, 2.45) is 0 Å². The first-order valence-corrected chi connectivity index (χ1v) is 7.77. The Morgan fingerprint density at radius 3 is 2.37 bits per heavy atom. The molecule has 0 aliphatic carbocycles. The maximum atomic E-state index is 12.1. The molecule has 5 heteroatoms. The molecule has 0 bridgehead atoms. The third-order valence-electron chi connectivity index (χ3n) is 2.87. The van der Waals surface area contributed by atoms with Gasteiger partial charge in [0, 0.05) is 6.54 Å². The molecule has 1 aromatic carbocycles. The summed E-state index contributed by atoms with van der Waals surface area (Å²) in [6.07, 6.45) is 1.55. The van der Waals surface area contributed by atoms with Gasteiger partial charge in [-0.05, 0) is 24.6 Å². The summed E-state index contributed by atoms with van der Waals surface area (Å²) in [7, 11) is -3.26. The zero-order valence-corrected chi connectivity index (χ0v) is 11.6. The Kier molecular flexibility index (Phi) is 4.39. The summed E-state index contributed by atoms with van der Waals surface area (Å²) in [5.74, 6) is 0.730. The normalized spacial score (nSPS) is 11.9. The number of furan rings is 1. The number of rotatable bonds is 6. The monoisotopic (exact) mass is 279 g/mol. The van der Waals surface area contributed by atoms with Crippen molar-refractivity contribution in [2.45, 2.75) is 20.0 Å². The smallest absolute Gasteiger partial charge is 0.214 e. The first kappa shape index (κ1) is 13.8. The summed E-state index contributed by atoms with van der Waals surface area (Å²) in [4.78, 5) is 0. The SMILES string of the molecule is CCS(=O)(=O)N(Cc1ccccc1)Cc1ccco1. The molecule has 102 valence electrons. The number of benzene rings is 1. The van der Waals surface area contributed by atoms with Gasteiger partial charge in [0.1, 0.15) is 5.76 Å². The highest BCUT2D eigenvalue weighted by atomic mass is 32.2. The van der Waals surface area contributed by atoms with E-state index in [2.05, 4.69) is 0 Å². The minimum atomic E-state index is -3.26. The first-order chi connectivity index (χ1) is 9.12. The molecule has 4 nitrogen and oxygen atoms in total. The van der Waals surface area contributed by atoms with Crippen molar-refractivity contribution in [3.63, 3.8) is 0 Å². The molecule has 1 heterocycles. The van der Waals surface area contributed by atoms with E-state index in [1.54, 1.807) is 25.3 Å². The average Bonchev–Trinajstić information content (AvgIpc) is 2.92. The molecule has 2 rings (SSSR count). The highest BCUT2D eigenvalue weighted by Gasteiger charge is 2.21. The van der Waals surface area contributed by atoms with Crippen LogP contribution in [0.3, 0.4) is 0 Å². The lowest BCUT2D eigenvalue weighted by Crippen LogP contribution is -2.31. The first-order valence-electron chi connectivity index (χ1n) is 6.16. The Bertz CT molecular complexity index is 591. The van der Waals surface area contributed by atoms with Crippen LogP contribution in [0.4, 0.5) is 0 Å². The maximum absolute atomic E-state index is 12.1. The predicted octanol–water partition coefficient (Wildman–Crippen LogP) is 2.63. The third kappa shape index (κ3) is 3.68. The molecule has 0 unspecified atom stereocenters. The molecule has 0 radical (unpaired) electrons. The predicted molar refractivity (Wildman–Crippen MR) is 73.9 cm³/mol. The van der Waals surface area contributed by atoms with Gasteiger partial charge in [0.25, 0.3) is 0 Å².